The quantitative estimate of drug-likeness (QED) is 0.776. The van der Waals surface area contributed by atoms with E-state index in [-0.39, 0.29) is 12.4 Å². The van der Waals surface area contributed by atoms with E-state index in [1.54, 1.807) is 0 Å². The van der Waals surface area contributed by atoms with E-state index in [9.17, 15) is 0 Å². The van der Waals surface area contributed by atoms with Gasteiger partial charge in [0.15, 0.2) is 0 Å². The van der Waals surface area contributed by atoms with Gasteiger partial charge in [0.1, 0.15) is 5.82 Å². The zero-order valence-electron chi connectivity index (χ0n) is 13.2. The Morgan fingerprint density at radius 2 is 1.78 bits per heavy atom. The summed E-state index contributed by atoms with van der Waals surface area (Å²) in [5.41, 5.74) is 9.85. The second kappa shape index (κ2) is 7.29. The van der Waals surface area contributed by atoms with E-state index in [4.69, 9.17) is 10.5 Å². The molecule has 0 radical (unpaired) electrons. The average Bonchev–Trinajstić information content (AvgIpc) is 2.54. The molecule has 0 saturated carbocycles. The summed E-state index contributed by atoms with van der Waals surface area (Å²) >= 11 is 0. The minimum atomic E-state index is 0. The van der Waals surface area contributed by atoms with Crippen molar-refractivity contribution in [1.82, 2.24) is 9.97 Å². The minimum absolute atomic E-state index is 0. The SMILES string of the molecule is CCOc1ccc2cccc(-c3ccc(N)nc3CC)c2n1.Cl. The Kier molecular flexibility index (Phi) is 5.40. The number of nitrogens with zero attached hydrogens (tertiary/aromatic N) is 2. The first-order chi connectivity index (χ1) is 10.7. The lowest BCUT2D eigenvalue weighted by Crippen LogP contribution is -1.99. The van der Waals surface area contributed by atoms with Crippen LogP contribution in [0.2, 0.25) is 0 Å². The molecule has 120 valence electrons. The molecule has 23 heavy (non-hydrogen) atoms. The minimum Gasteiger partial charge on any atom is -0.478 e. The van der Waals surface area contributed by atoms with Gasteiger partial charge in [-0.3, -0.25) is 0 Å². The van der Waals surface area contributed by atoms with Gasteiger partial charge in [-0.15, -0.1) is 12.4 Å². The fourth-order valence-electron chi connectivity index (χ4n) is 2.61. The second-order valence-corrected chi connectivity index (χ2v) is 5.04. The van der Waals surface area contributed by atoms with Crippen molar-refractivity contribution < 1.29 is 4.74 Å². The summed E-state index contributed by atoms with van der Waals surface area (Å²) in [6, 6.07) is 13.9. The second-order valence-electron chi connectivity index (χ2n) is 5.04. The summed E-state index contributed by atoms with van der Waals surface area (Å²) in [4.78, 5) is 9.11. The predicted molar refractivity (Wildman–Crippen MR) is 97.2 cm³/mol. The van der Waals surface area contributed by atoms with Crippen LogP contribution in [0, 0.1) is 0 Å². The number of hydrogen-bond donors (Lipinski definition) is 1. The first kappa shape index (κ1) is 17.0. The van der Waals surface area contributed by atoms with Gasteiger partial charge in [-0.05, 0) is 31.5 Å². The molecule has 1 aromatic carbocycles. The molecular formula is C18H20ClN3O. The highest BCUT2D eigenvalue weighted by molar-refractivity contribution is 5.94. The van der Waals surface area contributed by atoms with Gasteiger partial charge in [-0.25, -0.2) is 9.97 Å². The number of benzene rings is 1. The van der Waals surface area contributed by atoms with Crippen LogP contribution >= 0.6 is 12.4 Å². The number of ether oxygens (including phenoxy) is 1. The first-order valence-electron chi connectivity index (χ1n) is 7.51. The third-order valence-corrected chi connectivity index (χ3v) is 3.61. The molecule has 0 aliphatic heterocycles. The van der Waals surface area contributed by atoms with Gasteiger partial charge >= 0.3 is 0 Å². The maximum atomic E-state index is 5.81. The number of hydrogen-bond acceptors (Lipinski definition) is 4. The molecule has 2 heterocycles. The van der Waals surface area contributed by atoms with Crippen molar-refractivity contribution >= 4 is 29.1 Å². The van der Waals surface area contributed by atoms with Crippen molar-refractivity contribution in [2.24, 2.45) is 0 Å². The fourth-order valence-corrected chi connectivity index (χ4v) is 2.61. The lowest BCUT2D eigenvalue weighted by atomic mass is 9.99. The number of aryl methyl sites for hydroxylation is 1. The van der Waals surface area contributed by atoms with E-state index in [0.29, 0.717) is 18.3 Å². The van der Waals surface area contributed by atoms with Gasteiger partial charge in [0.05, 0.1) is 17.8 Å². The number of nitrogen functional groups attached to an aromatic ring is 1. The molecular weight excluding hydrogens is 310 g/mol. The molecule has 5 heteroatoms. The van der Waals surface area contributed by atoms with Crippen LogP contribution in [0.15, 0.2) is 42.5 Å². The van der Waals surface area contributed by atoms with E-state index in [1.165, 1.54) is 0 Å². The van der Waals surface area contributed by atoms with Crippen LogP contribution in [-0.2, 0) is 6.42 Å². The number of fused-ring (bicyclic) bond motifs is 1. The molecule has 0 fully saturated rings. The highest BCUT2D eigenvalue weighted by Crippen LogP contribution is 2.31. The lowest BCUT2D eigenvalue weighted by Gasteiger charge is -2.11. The molecule has 3 aromatic rings. The molecule has 0 saturated heterocycles. The maximum absolute atomic E-state index is 5.81. The molecule has 0 bridgehead atoms. The number of aromatic nitrogens is 2. The van der Waals surface area contributed by atoms with Gasteiger partial charge < -0.3 is 10.5 Å². The maximum Gasteiger partial charge on any atom is 0.213 e. The molecule has 0 spiro atoms. The van der Waals surface area contributed by atoms with Crippen molar-refractivity contribution in [3.05, 3.63) is 48.2 Å². The van der Waals surface area contributed by atoms with Crippen molar-refractivity contribution in [3.8, 4) is 17.0 Å². The molecule has 2 aromatic heterocycles. The fraction of sp³-hybridized carbons (Fsp3) is 0.222. The molecule has 0 aliphatic carbocycles. The molecule has 0 aliphatic rings. The van der Waals surface area contributed by atoms with Crippen molar-refractivity contribution in [2.75, 3.05) is 12.3 Å². The largest absolute Gasteiger partial charge is 0.478 e. The molecule has 0 amide bonds. The van der Waals surface area contributed by atoms with E-state index in [0.717, 1.165) is 34.1 Å². The highest BCUT2D eigenvalue weighted by Gasteiger charge is 2.11. The number of nitrogens with two attached hydrogens (primary N) is 1. The van der Waals surface area contributed by atoms with Gasteiger partial charge in [-0.1, -0.05) is 25.1 Å². The van der Waals surface area contributed by atoms with Gasteiger partial charge in [0, 0.05) is 22.6 Å². The smallest absolute Gasteiger partial charge is 0.213 e. The van der Waals surface area contributed by atoms with Crippen LogP contribution in [0.1, 0.15) is 19.5 Å². The van der Waals surface area contributed by atoms with E-state index in [2.05, 4.69) is 29.0 Å². The summed E-state index contributed by atoms with van der Waals surface area (Å²) in [7, 11) is 0. The third-order valence-electron chi connectivity index (χ3n) is 3.61. The summed E-state index contributed by atoms with van der Waals surface area (Å²) in [5, 5.41) is 1.08. The van der Waals surface area contributed by atoms with Crippen molar-refractivity contribution in [3.63, 3.8) is 0 Å². The first-order valence-corrected chi connectivity index (χ1v) is 7.51. The summed E-state index contributed by atoms with van der Waals surface area (Å²) in [6.45, 7) is 4.64. The van der Waals surface area contributed by atoms with Gasteiger partial charge in [0.25, 0.3) is 0 Å². The molecule has 4 nitrogen and oxygen atoms in total. The number of para-hydroxylation sites is 1. The number of pyridine rings is 2. The van der Waals surface area contributed by atoms with E-state index < -0.39 is 0 Å². The normalized spacial score (nSPS) is 10.3. The van der Waals surface area contributed by atoms with Crippen LogP contribution in [0.3, 0.4) is 0 Å². The molecule has 0 atom stereocenters. The van der Waals surface area contributed by atoms with Crippen LogP contribution in [0.25, 0.3) is 22.0 Å². The van der Waals surface area contributed by atoms with Crippen LogP contribution in [0.5, 0.6) is 5.88 Å². The van der Waals surface area contributed by atoms with Crippen LogP contribution < -0.4 is 10.5 Å². The lowest BCUT2D eigenvalue weighted by molar-refractivity contribution is 0.328. The topological polar surface area (TPSA) is 61.0 Å². The monoisotopic (exact) mass is 329 g/mol. The van der Waals surface area contributed by atoms with E-state index in [1.807, 2.05) is 37.3 Å². The van der Waals surface area contributed by atoms with Gasteiger partial charge in [-0.2, -0.15) is 0 Å². The zero-order chi connectivity index (χ0) is 15.5. The number of rotatable bonds is 4. The molecule has 0 unspecified atom stereocenters. The Hall–Kier alpha value is -2.33. The van der Waals surface area contributed by atoms with E-state index >= 15 is 0 Å². The van der Waals surface area contributed by atoms with Gasteiger partial charge in [0.2, 0.25) is 5.88 Å². The predicted octanol–water partition coefficient (Wildman–Crippen LogP) is 4.26. The summed E-state index contributed by atoms with van der Waals surface area (Å²) in [5.74, 6) is 1.19. The Labute approximate surface area is 142 Å². The van der Waals surface area contributed by atoms with Crippen LogP contribution in [-0.4, -0.2) is 16.6 Å². The third kappa shape index (κ3) is 3.37. The Morgan fingerprint density at radius 1 is 0.957 bits per heavy atom. The Bertz CT molecular complexity index is 820. The Morgan fingerprint density at radius 3 is 2.52 bits per heavy atom. The summed E-state index contributed by atoms with van der Waals surface area (Å²) in [6.07, 6.45) is 0.821. The summed E-state index contributed by atoms with van der Waals surface area (Å²) < 4.78 is 5.53. The highest BCUT2D eigenvalue weighted by atomic mass is 35.5. The average molecular weight is 330 g/mol. The number of anilines is 1. The number of halogens is 1. The van der Waals surface area contributed by atoms with Crippen molar-refractivity contribution in [2.45, 2.75) is 20.3 Å². The zero-order valence-corrected chi connectivity index (χ0v) is 14.1. The standard InChI is InChI=1S/C18H19N3O.ClH/c1-3-15-13(9-10-16(19)20-15)14-7-5-6-12-8-11-17(22-4-2)21-18(12)14;/h5-11H,3-4H2,1-2H3,(H2,19,20);1H. The van der Waals surface area contributed by atoms with Crippen molar-refractivity contribution in [1.29, 1.82) is 0 Å². The molecule has 3 rings (SSSR count). The molecule has 2 N–H and O–H groups in total. The Balaban J connectivity index is 0.00000192. The van der Waals surface area contributed by atoms with Crippen LogP contribution in [0.4, 0.5) is 5.82 Å².